The van der Waals surface area contributed by atoms with Crippen LogP contribution in [0.2, 0.25) is 0 Å². The fourth-order valence-electron chi connectivity index (χ4n) is 3.14. The van der Waals surface area contributed by atoms with Crippen LogP contribution in [-0.2, 0) is 11.3 Å². The highest BCUT2D eigenvalue weighted by molar-refractivity contribution is 5.13. The standard InChI is InChI=1S/C14H16F2O/c15-14(16)8-11-6-12(14)7-13(11)17-9-10-4-2-1-3-5-10/h1-5,11-13H,6-9H2. The van der Waals surface area contributed by atoms with Crippen molar-refractivity contribution in [2.75, 3.05) is 0 Å². The first kappa shape index (κ1) is 11.1. The lowest BCUT2D eigenvalue weighted by atomic mass is 9.94. The highest BCUT2D eigenvalue weighted by Crippen LogP contribution is 2.54. The second-order valence-corrected chi connectivity index (χ2v) is 5.23. The van der Waals surface area contributed by atoms with Crippen molar-refractivity contribution in [3.05, 3.63) is 35.9 Å². The molecule has 1 aromatic rings. The van der Waals surface area contributed by atoms with Gasteiger partial charge in [0, 0.05) is 12.3 Å². The maximum absolute atomic E-state index is 13.3. The summed E-state index contributed by atoms with van der Waals surface area (Å²) in [5.74, 6) is -2.80. The molecule has 0 N–H and O–H groups in total. The van der Waals surface area contributed by atoms with Crippen LogP contribution in [0.4, 0.5) is 8.78 Å². The summed E-state index contributed by atoms with van der Waals surface area (Å²) in [6.07, 6.45) is 1.24. The van der Waals surface area contributed by atoms with Crippen molar-refractivity contribution in [1.29, 1.82) is 0 Å². The molecule has 92 valence electrons. The van der Waals surface area contributed by atoms with Gasteiger partial charge in [0.15, 0.2) is 0 Å². The van der Waals surface area contributed by atoms with Gasteiger partial charge in [-0.3, -0.25) is 0 Å². The van der Waals surface area contributed by atoms with Gasteiger partial charge in [-0.1, -0.05) is 30.3 Å². The predicted molar refractivity (Wildman–Crippen MR) is 60.8 cm³/mol. The summed E-state index contributed by atoms with van der Waals surface area (Å²) < 4.78 is 32.4. The molecule has 0 amide bonds. The van der Waals surface area contributed by atoms with Crippen LogP contribution in [-0.4, -0.2) is 12.0 Å². The summed E-state index contributed by atoms with van der Waals surface area (Å²) in [7, 11) is 0. The van der Waals surface area contributed by atoms with Gasteiger partial charge >= 0.3 is 0 Å². The van der Waals surface area contributed by atoms with Crippen LogP contribution in [0.1, 0.15) is 24.8 Å². The molecule has 2 saturated carbocycles. The van der Waals surface area contributed by atoms with E-state index in [1.54, 1.807) is 0 Å². The van der Waals surface area contributed by atoms with Crippen LogP contribution in [0.3, 0.4) is 0 Å². The Balaban J connectivity index is 1.56. The van der Waals surface area contributed by atoms with E-state index in [-0.39, 0.29) is 18.4 Å². The topological polar surface area (TPSA) is 9.23 Å². The van der Waals surface area contributed by atoms with E-state index >= 15 is 0 Å². The van der Waals surface area contributed by atoms with Crippen LogP contribution in [0.15, 0.2) is 30.3 Å². The van der Waals surface area contributed by atoms with Crippen molar-refractivity contribution < 1.29 is 13.5 Å². The second-order valence-electron chi connectivity index (χ2n) is 5.23. The number of alkyl halides is 2. The zero-order valence-corrected chi connectivity index (χ0v) is 9.61. The van der Waals surface area contributed by atoms with Gasteiger partial charge in [-0.2, -0.15) is 0 Å². The third kappa shape index (κ3) is 2.08. The van der Waals surface area contributed by atoms with Crippen molar-refractivity contribution in [1.82, 2.24) is 0 Å². The van der Waals surface area contributed by atoms with Crippen LogP contribution >= 0.6 is 0 Å². The number of hydrogen-bond acceptors (Lipinski definition) is 1. The number of hydrogen-bond donors (Lipinski definition) is 0. The number of ether oxygens (including phenoxy) is 1. The van der Waals surface area contributed by atoms with Crippen LogP contribution in [0.25, 0.3) is 0 Å². The molecule has 3 heteroatoms. The van der Waals surface area contributed by atoms with E-state index in [0.717, 1.165) is 5.56 Å². The van der Waals surface area contributed by atoms with Crippen LogP contribution in [0, 0.1) is 11.8 Å². The van der Waals surface area contributed by atoms with Gasteiger partial charge in [-0.05, 0) is 24.3 Å². The summed E-state index contributed by atoms with van der Waals surface area (Å²) in [5.41, 5.74) is 1.11. The summed E-state index contributed by atoms with van der Waals surface area (Å²) in [5, 5.41) is 0. The zero-order chi connectivity index (χ0) is 11.9. The number of fused-ring (bicyclic) bond motifs is 2. The minimum atomic E-state index is -2.43. The maximum atomic E-state index is 13.3. The highest BCUT2D eigenvalue weighted by Gasteiger charge is 2.57. The van der Waals surface area contributed by atoms with Gasteiger partial charge < -0.3 is 4.74 Å². The summed E-state index contributed by atoms with van der Waals surface area (Å²) >= 11 is 0. The quantitative estimate of drug-likeness (QED) is 0.781. The van der Waals surface area contributed by atoms with Gasteiger partial charge in [-0.25, -0.2) is 8.78 Å². The zero-order valence-electron chi connectivity index (χ0n) is 9.61. The molecule has 3 rings (SSSR count). The Hall–Kier alpha value is -0.960. The summed E-state index contributed by atoms with van der Waals surface area (Å²) in [4.78, 5) is 0. The Morgan fingerprint density at radius 1 is 1.18 bits per heavy atom. The Morgan fingerprint density at radius 3 is 2.53 bits per heavy atom. The number of halogens is 2. The monoisotopic (exact) mass is 238 g/mol. The largest absolute Gasteiger partial charge is 0.373 e. The van der Waals surface area contributed by atoms with Gasteiger partial charge in [0.1, 0.15) is 0 Å². The van der Waals surface area contributed by atoms with Crippen molar-refractivity contribution in [3.63, 3.8) is 0 Å². The molecule has 0 saturated heterocycles. The van der Waals surface area contributed by atoms with E-state index < -0.39 is 11.8 Å². The number of rotatable bonds is 3. The fourth-order valence-corrected chi connectivity index (χ4v) is 3.14. The molecule has 0 spiro atoms. The fraction of sp³-hybridized carbons (Fsp3) is 0.571. The third-order valence-corrected chi connectivity index (χ3v) is 4.07. The summed E-state index contributed by atoms with van der Waals surface area (Å²) in [6.45, 7) is 0.542. The molecule has 17 heavy (non-hydrogen) atoms. The average Bonchev–Trinajstić information content (AvgIpc) is 2.83. The van der Waals surface area contributed by atoms with E-state index in [9.17, 15) is 8.78 Å². The molecule has 2 aliphatic rings. The van der Waals surface area contributed by atoms with Crippen molar-refractivity contribution in [3.8, 4) is 0 Å². The minimum Gasteiger partial charge on any atom is -0.373 e. The molecule has 2 aliphatic carbocycles. The van der Waals surface area contributed by atoms with E-state index in [2.05, 4.69) is 0 Å². The molecule has 0 radical (unpaired) electrons. The molecule has 1 nitrogen and oxygen atoms in total. The van der Waals surface area contributed by atoms with Gasteiger partial charge in [0.2, 0.25) is 0 Å². The highest BCUT2D eigenvalue weighted by atomic mass is 19.3. The van der Waals surface area contributed by atoms with E-state index in [1.165, 1.54) is 0 Å². The van der Waals surface area contributed by atoms with Crippen LogP contribution < -0.4 is 0 Å². The Kier molecular flexibility index (Phi) is 2.66. The van der Waals surface area contributed by atoms with Crippen molar-refractivity contribution in [2.45, 2.75) is 37.9 Å². The SMILES string of the molecule is FC1(F)CC2CC1CC2OCc1ccccc1. The second kappa shape index (κ2) is 4.05. The lowest BCUT2D eigenvalue weighted by Gasteiger charge is -2.27. The van der Waals surface area contributed by atoms with Gasteiger partial charge in [0.05, 0.1) is 12.7 Å². The predicted octanol–water partition coefficient (Wildman–Crippen LogP) is 3.64. The van der Waals surface area contributed by atoms with Crippen molar-refractivity contribution in [2.24, 2.45) is 11.8 Å². The minimum absolute atomic E-state index is 0.0249. The Labute approximate surface area is 99.8 Å². The molecule has 2 bridgehead atoms. The van der Waals surface area contributed by atoms with Crippen molar-refractivity contribution >= 4 is 0 Å². The molecule has 0 aromatic heterocycles. The molecule has 0 aliphatic heterocycles. The Morgan fingerprint density at radius 2 is 1.94 bits per heavy atom. The van der Waals surface area contributed by atoms with E-state index in [1.807, 2.05) is 30.3 Å². The van der Waals surface area contributed by atoms with Gasteiger partial charge in [-0.15, -0.1) is 0 Å². The lowest BCUT2D eigenvalue weighted by molar-refractivity contribution is -0.0932. The molecular formula is C14H16F2O. The van der Waals surface area contributed by atoms with E-state index in [0.29, 0.717) is 19.4 Å². The molecular weight excluding hydrogens is 222 g/mol. The molecule has 0 heterocycles. The van der Waals surface area contributed by atoms with E-state index in [4.69, 9.17) is 4.74 Å². The average molecular weight is 238 g/mol. The molecule has 3 unspecified atom stereocenters. The molecule has 2 fully saturated rings. The van der Waals surface area contributed by atoms with Gasteiger partial charge in [0.25, 0.3) is 5.92 Å². The molecule has 3 atom stereocenters. The Bertz CT molecular complexity index is 390. The smallest absolute Gasteiger partial charge is 0.251 e. The lowest BCUT2D eigenvalue weighted by Crippen LogP contribution is -2.32. The normalized spacial score (nSPS) is 34.1. The first-order valence-corrected chi connectivity index (χ1v) is 6.18. The first-order chi connectivity index (χ1) is 8.15. The van der Waals surface area contributed by atoms with Crippen LogP contribution in [0.5, 0.6) is 0 Å². The maximum Gasteiger partial charge on any atom is 0.251 e. The third-order valence-electron chi connectivity index (χ3n) is 4.07. The summed E-state index contributed by atoms with van der Waals surface area (Å²) in [6, 6.07) is 9.90. The first-order valence-electron chi connectivity index (χ1n) is 6.18. The number of benzene rings is 1. The molecule has 1 aromatic carbocycles.